The van der Waals surface area contributed by atoms with Gasteiger partial charge in [0, 0.05) is 25.6 Å². The van der Waals surface area contributed by atoms with Crippen LogP contribution in [0.25, 0.3) is 0 Å². The predicted molar refractivity (Wildman–Crippen MR) is 96.9 cm³/mol. The van der Waals surface area contributed by atoms with Gasteiger partial charge >= 0.3 is 0 Å². The predicted octanol–water partition coefficient (Wildman–Crippen LogP) is 3.64. The zero-order valence-corrected chi connectivity index (χ0v) is 14.9. The second kappa shape index (κ2) is 8.16. The summed E-state index contributed by atoms with van der Waals surface area (Å²) in [6.07, 6.45) is 6.26. The molecule has 0 bridgehead atoms. The number of benzene rings is 1. The van der Waals surface area contributed by atoms with Crippen molar-refractivity contribution in [3.8, 4) is 0 Å². The van der Waals surface area contributed by atoms with Gasteiger partial charge in [-0.25, -0.2) is 0 Å². The number of hydrogen-bond acceptors (Lipinski definition) is 2. The van der Waals surface area contributed by atoms with E-state index in [-0.39, 0.29) is 18.4 Å². The molecule has 2 aliphatic rings. The Morgan fingerprint density at radius 1 is 1.17 bits per heavy atom. The molecule has 1 saturated carbocycles. The average Bonchev–Trinajstić information content (AvgIpc) is 2.93. The molecule has 1 aromatic carbocycles. The first-order valence-corrected chi connectivity index (χ1v) is 8.74. The third-order valence-corrected chi connectivity index (χ3v) is 5.63. The Hall–Kier alpha value is -1.06. The van der Waals surface area contributed by atoms with E-state index < -0.39 is 0 Å². The molecule has 4 heteroatoms. The number of nitrogens with two attached hydrogens (primary N) is 1. The minimum absolute atomic E-state index is 0. The van der Waals surface area contributed by atoms with Gasteiger partial charge in [-0.1, -0.05) is 30.7 Å². The maximum atomic E-state index is 12.5. The molecule has 2 N–H and O–H groups in total. The third-order valence-electron chi connectivity index (χ3n) is 5.63. The first-order chi connectivity index (χ1) is 10.6. The van der Waals surface area contributed by atoms with Crippen LogP contribution in [0, 0.1) is 12.8 Å². The van der Waals surface area contributed by atoms with E-state index in [9.17, 15) is 4.79 Å². The Balaban J connectivity index is 0.00000192. The van der Waals surface area contributed by atoms with Gasteiger partial charge in [0.2, 0.25) is 5.91 Å². The molecule has 0 aromatic heterocycles. The van der Waals surface area contributed by atoms with Gasteiger partial charge in [0.05, 0.1) is 0 Å². The minimum Gasteiger partial charge on any atom is -0.343 e. The van der Waals surface area contributed by atoms with Crippen molar-refractivity contribution in [2.24, 2.45) is 11.7 Å². The van der Waals surface area contributed by atoms with E-state index in [1.54, 1.807) is 0 Å². The van der Waals surface area contributed by atoms with Gasteiger partial charge in [-0.3, -0.25) is 4.79 Å². The number of nitrogens with zero attached hydrogens (tertiary/aromatic N) is 1. The highest BCUT2D eigenvalue weighted by Crippen LogP contribution is 2.32. The summed E-state index contributed by atoms with van der Waals surface area (Å²) in [6.45, 7) is 3.99. The number of rotatable bonds is 3. The molecule has 0 unspecified atom stereocenters. The highest BCUT2D eigenvalue weighted by atomic mass is 35.5. The second-order valence-corrected chi connectivity index (χ2v) is 7.07. The molecule has 1 aliphatic heterocycles. The molecule has 1 aromatic rings. The lowest BCUT2D eigenvalue weighted by atomic mass is 9.86. The van der Waals surface area contributed by atoms with Crippen LogP contribution < -0.4 is 5.73 Å². The number of carbonyl (C=O) groups is 1. The van der Waals surface area contributed by atoms with Crippen LogP contribution in [0.2, 0.25) is 0 Å². The van der Waals surface area contributed by atoms with Crippen LogP contribution >= 0.6 is 12.4 Å². The topological polar surface area (TPSA) is 46.3 Å². The first kappa shape index (κ1) is 18.3. The Labute approximate surface area is 146 Å². The van der Waals surface area contributed by atoms with Crippen molar-refractivity contribution in [2.45, 2.75) is 57.4 Å². The maximum Gasteiger partial charge on any atom is 0.222 e. The Kier molecular flexibility index (Phi) is 6.49. The number of halogens is 1. The first-order valence-electron chi connectivity index (χ1n) is 8.74. The number of hydrogen-bond donors (Lipinski definition) is 1. The van der Waals surface area contributed by atoms with Gasteiger partial charge < -0.3 is 10.6 Å². The standard InChI is InChI=1S/C19H28N2O.ClH/c1-14-5-2-3-7-17(14)15-9-11-21(12-10-15)19(22)13-16-6-4-8-18(16)20;/h2-3,5,7,15-16,18H,4,6,8-13,20H2,1H3;1H/t16-,18+;/m0./s1. The molecule has 3 rings (SSSR count). The van der Waals surface area contributed by atoms with Crippen LogP contribution in [0.5, 0.6) is 0 Å². The molecular weight excluding hydrogens is 308 g/mol. The minimum atomic E-state index is 0. The van der Waals surface area contributed by atoms with Crippen LogP contribution in [0.1, 0.15) is 55.6 Å². The summed E-state index contributed by atoms with van der Waals surface area (Å²) in [5.41, 5.74) is 8.94. The number of carbonyl (C=O) groups excluding carboxylic acids is 1. The largest absolute Gasteiger partial charge is 0.343 e. The highest BCUT2D eigenvalue weighted by Gasteiger charge is 2.30. The smallest absolute Gasteiger partial charge is 0.222 e. The SMILES string of the molecule is Cc1ccccc1C1CCN(C(=O)C[C@@H]2CCC[C@H]2N)CC1.Cl. The molecule has 0 radical (unpaired) electrons. The zero-order chi connectivity index (χ0) is 15.5. The summed E-state index contributed by atoms with van der Waals surface area (Å²) < 4.78 is 0. The van der Waals surface area contributed by atoms with E-state index in [0.29, 0.717) is 24.2 Å². The number of piperidine rings is 1. The molecule has 2 atom stereocenters. The van der Waals surface area contributed by atoms with Crippen molar-refractivity contribution >= 4 is 18.3 Å². The molecule has 128 valence electrons. The van der Waals surface area contributed by atoms with Crippen molar-refractivity contribution in [1.82, 2.24) is 4.90 Å². The molecule has 0 spiro atoms. The van der Waals surface area contributed by atoms with E-state index in [1.807, 2.05) is 0 Å². The van der Waals surface area contributed by atoms with Gasteiger partial charge in [-0.15, -0.1) is 12.4 Å². The average molecular weight is 337 g/mol. The normalized spacial score (nSPS) is 25.2. The van der Waals surface area contributed by atoms with Crippen molar-refractivity contribution in [3.05, 3.63) is 35.4 Å². The summed E-state index contributed by atoms with van der Waals surface area (Å²) >= 11 is 0. The highest BCUT2D eigenvalue weighted by molar-refractivity contribution is 5.85. The molecule has 2 fully saturated rings. The van der Waals surface area contributed by atoms with Crippen LogP contribution in [-0.4, -0.2) is 29.9 Å². The van der Waals surface area contributed by atoms with Crippen molar-refractivity contribution in [1.29, 1.82) is 0 Å². The Morgan fingerprint density at radius 2 is 1.87 bits per heavy atom. The Morgan fingerprint density at radius 3 is 2.48 bits per heavy atom. The summed E-state index contributed by atoms with van der Waals surface area (Å²) in [6, 6.07) is 8.90. The van der Waals surface area contributed by atoms with Gasteiger partial charge in [0.25, 0.3) is 0 Å². The van der Waals surface area contributed by atoms with Crippen molar-refractivity contribution in [3.63, 3.8) is 0 Å². The van der Waals surface area contributed by atoms with Crippen molar-refractivity contribution in [2.75, 3.05) is 13.1 Å². The zero-order valence-electron chi connectivity index (χ0n) is 14.0. The summed E-state index contributed by atoms with van der Waals surface area (Å²) in [4.78, 5) is 14.5. The van der Waals surface area contributed by atoms with Crippen LogP contribution in [-0.2, 0) is 4.79 Å². The lowest BCUT2D eigenvalue weighted by molar-refractivity contribution is -0.133. The van der Waals surface area contributed by atoms with E-state index in [0.717, 1.165) is 38.8 Å². The summed E-state index contributed by atoms with van der Waals surface area (Å²) in [5.74, 6) is 1.35. The van der Waals surface area contributed by atoms with Crippen LogP contribution in [0.4, 0.5) is 0 Å². The fraction of sp³-hybridized carbons (Fsp3) is 0.632. The number of amides is 1. The summed E-state index contributed by atoms with van der Waals surface area (Å²) in [5, 5.41) is 0. The maximum absolute atomic E-state index is 12.5. The molecular formula is C19H29ClN2O. The van der Waals surface area contributed by atoms with Gasteiger partial charge in [0.1, 0.15) is 0 Å². The van der Waals surface area contributed by atoms with Crippen LogP contribution in [0.3, 0.4) is 0 Å². The lowest BCUT2D eigenvalue weighted by Crippen LogP contribution is -2.40. The quantitative estimate of drug-likeness (QED) is 0.916. The third kappa shape index (κ3) is 4.27. The van der Waals surface area contributed by atoms with Gasteiger partial charge in [-0.2, -0.15) is 0 Å². The van der Waals surface area contributed by atoms with Crippen molar-refractivity contribution < 1.29 is 4.79 Å². The molecule has 3 nitrogen and oxygen atoms in total. The van der Waals surface area contributed by atoms with Gasteiger partial charge in [0.15, 0.2) is 0 Å². The van der Waals surface area contributed by atoms with E-state index >= 15 is 0 Å². The monoisotopic (exact) mass is 336 g/mol. The molecule has 1 saturated heterocycles. The van der Waals surface area contributed by atoms with E-state index in [1.165, 1.54) is 17.5 Å². The fourth-order valence-corrected chi connectivity index (χ4v) is 4.16. The molecule has 1 aliphatic carbocycles. The fourth-order valence-electron chi connectivity index (χ4n) is 4.16. The van der Waals surface area contributed by atoms with E-state index in [2.05, 4.69) is 36.1 Å². The van der Waals surface area contributed by atoms with E-state index in [4.69, 9.17) is 5.73 Å². The molecule has 23 heavy (non-hydrogen) atoms. The van der Waals surface area contributed by atoms with Gasteiger partial charge in [-0.05, 0) is 55.6 Å². The number of aryl methyl sites for hydroxylation is 1. The summed E-state index contributed by atoms with van der Waals surface area (Å²) in [7, 11) is 0. The molecule has 1 heterocycles. The lowest BCUT2D eigenvalue weighted by Gasteiger charge is -2.33. The number of likely N-dealkylation sites (tertiary alicyclic amines) is 1. The second-order valence-electron chi connectivity index (χ2n) is 7.07. The Bertz CT molecular complexity index is 526. The molecule has 1 amide bonds. The van der Waals surface area contributed by atoms with Crippen LogP contribution in [0.15, 0.2) is 24.3 Å².